The maximum Gasteiger partial charge on any atom is 0.269 e. The first kappa shape index (κ1) is 46.7. The van der Waals surface area contributed by atoms with Crippen molar-refractivity contribution in [2.75, 3.05) is 69.1 Å². The molecule has 6 fully saturated rings. The third-order valence-corrected chi connectivity index (χ3v) is 18.1. The number of anilines is 2. The molecule has 3 N–H and O–H groups in total. The molecule has 1 unspecified atom stereocenters. The van der Waals surface area contributed by atoms with Crippen LogP contribution < -0.4 is 21.1 Å². The number of sulfonamides is 1. The Morgan fingerprint density at radius 1 is 0.897 bits per heavy atom. The highest BCUT2D eigenvalue weighted by Gasteiger charge is 2.47. The summed E-state index contributed by atoms with van der Waals surface area (Å²) in [6.07, 6.45) is 4.02. The molecule has 5 saturated heterocycles. The number of hydrogen-bond acceptors (Lipinski definition) is 14. The first-order chi connectivity index (χ1) is 32.5. The Hall–Kier alpha value is -5.03. The van der Waals surface area contributed by atoms with Crippen LogP contribution in [-0.4, -0.2) is 159 Å². The Kier molecular flexibility index (Phi) is 12.4. The third kappa shape index (κ3) is 8.57. The van der Waals surface area contributed by atoms with Crippen molar-refractivity contribution in [3.05, 3.63) is 57.3 Å². The minimum absolute atomic E-state index is 0.000622. The average Bonchev–Trinajstić information content (AvgIpc) is 3.76. The number of hydrogen-bond donors (Lipinski definition) is 3. The number of halogens is 3. The molecule has 366 valence electrons. The van der Waals surface area contributed by atoms with E-state index < -0.39 is 80.0 Å². The summed E-state index contributed by atoms with van der Waals surface area (Å²) in [4.78, 5) is 80.3. The number of pyridine rings is 1. The lowest BCUT2D eigenvalue weighted by Gasteiger charge is -2.49. The Morgan fingerprint density at radius 2 is 1.59 bits per heavy atom. The molecule has 18 nitrogen and oxygen atoms in total. The van der Waals surface area contributed by atoms with Gasteiger partial charge in [0.15, 0.2) is 0 Å². The number of likely N-dealkylation sites (tertiary alicyclic amines) is 2. The monoisotopic (exact) mass is 966 g/mol. The number of rotatable bonds is 11. The van der Waals surface area contributed by atoms with E-state index in [-0.39, 0.29) is 58.7 Å². The van der Waals surface area contributed by atoms with Gasteiger partial charge < -0.3 is 20.2 Å². The fraction of sp³-hybridized carbons (Fsp3) is 0.630. The van der Waals surface area contributed by atoms with Crippen LogP contribution in [0, 0.1) is 11.7 Å². The van der Waals surface area contributed by atoms with Crippen LogP contribution in [0.25, 0.3) is 11.0 Å². The van der Waals surface area contributed by atoms with Gasteiger partial charge in [-0.2, -0.15) is 4.98 Å². The minimum atomic E-state index is -3.54. The summed E-state index contributed by atoms with van der Waals surface area (Å²) in [6, 6.07) is 1.81. The van der Waals surface area contributed by atoms with Gasteiger partial charge in [-0.1, -0.05) is 0 Å². The van der Waals surface area contributed by atoms with Crippen molar-refractivity contribution in [1.82, 2.24) is 38.9 Å². The molecule has 0 spiro atoms. The van der Waals surface area contributed by atoms with Crippen LogP contribution in [0.3, 0.4) is 0 Å². The quantitative estimate of drug-likeness (QED) is 0.236. The number of benzene rings is 1. The minimum Gasteiger partial charge on any atom is -0.388 e. The number of aromatic nitrogens is 3. The summed E-state index contributed by atoms with van der Waals surface area (Å²) < 4.78 is 73.8. The van der Waals surface area contributed by atoms with E-state index in [1.165, 1.54) is 16.8 Å². The molecule has 10 rings (SSSR count). The van der Waals surface area contributed by atoms with Crippen LogP contribution in [-0.2, 0) is 19.6 Å². The molecule has 0 radical (unpaired) electrons. The summed E-state index contributed by atoms with van der Waals surface area (Å²) >= 11 is 0. The molecule has 4 amide bonds. The zero-order valence-electron chi connectivity index (χ0n) is 37.9. The lowest BCUT2D eigenvalue weighted by Crippen LogP contribution is -2.61. The van der Waals surface area contributed by atoms with E-state index >= 15 is 4.39 Å². The Balaban J connectivity index is 0.670. The van der Waals surface area contributed by atoms with E-state index in [2.05, 4.69) is 30.4 Å². The molecule has 68 heavy (non-hydrogen) atoms. The highest BCUT2D eigenvalue weighted by Crippen LogP contribution is 2.40. The maximum absolute atomic E-state index is 15.4. The fourth-order valence-corrected chi connectivity index (χ4v) is 13.7. The molecular weight excluding hydrogens is 910 g/mol. The molecular formula is C46H57F3N10O8S. The standard InChI is InChI=1S/C46H57F3N10O8S/c1-46(65)12-2-3-37(46)59-40-27(19-33(39(48)49)44(59)64)22-50-45(53-40)51-28-8-17-57(18-9-28)68(66,67)30-10-13-54(14-11-30)23-26-6-15-55(16-7-26)29-24-56(25-29)36-21-32-31(20-34(36)47)42(62)58(43(32)63)35-4-5-38(60)52-41(35)61/h19-22,26,28-30,35,37,39,65H,2-18,23-25H2,1H3,(H,50,51,53)(H,52,60,61)/t35?,37-,46-/m1/s1. The van der Waals surface area contributed by atoms with E-state index in [9.17, 15) is 46.3 Å². The van der Waals surface area contributed by atoms with Gasteiger partial charge in [-0.15, -0.1) is 0 Å². The van der Waals surface area contributed by atoms with E-state index in [0.717, 1.165) is 49.5 Å². The van der Waals surface area contributed by atoms with Crippen LogP contribution in [0.1, 0.15) is 116 Å². The highest BCUT2D eigenvalue weighted by molar-refractivity contribution is 7.89. The van der Waals surface area contributed by atoms with Crippen molar-refractivity contribution in [3.63, 3.8) is 0 Å². The van der Waals surface area contributed by atoms with E-state index in [0.29, 0.717) is 90.1 Å². The molecule has 1 aromatic carbocycles. The van der Waals surface area contributed by atoms with Crippen LogP contribution in [0.5, 0.6) is 0 Å². The van der Waals surface area contributed by atoms with Crippen molar-refractivity contribution in [1.29, 1.82) is 0 Å². The predicted molar refractivity (Wildman–Crippen MR) is 242 cm³/mol. The molecule has 3 atom stereocenters. The van der Waals surface area contributed by atoms with Gasteiger partial charge in [-0.3, -0.25) is 43.7 Å². The zero-order chi connectivity index (χ0) is 47.8. The smallest absolute Gasteiger partial charge is 0.269 e. The first-order valence-electron chi connectivity index (χ1n) is 23.9. The number of piperidine rings is 4. The van der Waals surface area contributed by atoms with Gasteiger partial charge in [-0.05, 0) is 121 Å². The van der Waals surface area contributed by atoms with Crippen molar-refractivity contribution in [3.8, 4) is 0 Å². The summed E-state index contributed by atoms with van der Waals surface area (Å²) in [6.45, 7) is 7.47. The van der Waals surface area contributed by atoms with Gasteiger partial charge in [0, 0.05) is 62.8 Å². The lowest BCUT2D eigenvalue weighted by molar-refractivity contribution is -0.136. The van der Waals surface area contributed by atoms with Gasteiger partial charge in [-0.25, -0.2) is 30.9 Å². The zero-order valence-corrected chi connectivity index (χ0v) is 38.7. The number of alkyl halides is 2. The van der Waals surface area contributed by atoms with Crippen molar-refractivity contribution >= 4 is 56.3 Å². The predicted octanol–water partition coefficient (Wildman–Crippen LogP) is 3.02. The summed E-state index contributed by atoms with van der Waals surface area (Å²) in [5.41, 5.74) is -2.44. The number of nitrogens with one attached hydrogen (secondary N) is 2. The second-order valence-corrected chi connectivity index (χ2v) is 22.2. The number of carbonyl (C=O) groups excluding carboxylic acids is 4. The molecule has 2 aromatic heterocycles. The lowest BCUT2D eigenvalue weighted by atomic mass is 9.92. The van der Waals surface area contributed by atoms with Gasteiger partial charge >= 0.3 is 0 Å². The fourth-order valence-electron chi connectivity index (χ4n) is 11.7. The second-order valence-electron chi connectivity index (χ2n) is 20.0. The van der Waals surface area contributed by atoms with Crippen molar-refractivity contribution < 1.29 is 45.9 Å². The average molecular weight is 967 g/mol. The van der Waals surface area contributed by atoms with Crippen LogP contribution >= 0.6 is 0 Å². The second kappa shape index (κ2) is 18.1. The number of nitrogens with zero attached hydrogens (tertiary/aromatic N) is 8. The summed E-state index contributed by atoms with van der Waals surface area (Å²) in [7, 11) is -3.54. The topological polar surface area (TPSA) is 211 Å². The highest BCUT2D eigenvalue weighted by atomic mass is 32.2. The van der Waals surface area contributed by atoms with E-state index in [4.69, 9.17) is 0 Å². The van der Waals surface area contributed by atoms with Gasteiger partial charge in [0.1, 0.15) is 17.5 Å². The van der Waals surface area contributed by atoms with Crippen LogP contribution in [0.4, 0.5) is 24.8 Å². The van der Waals surface area contributed by atoms with Gasteiger partial charge in [0.05, 0.1) is 39.3 Å². The van der Waals surface area contributed by atoms with Gasteiger partial charge in [0.2, 0.25) is 27.8 Å². The molecule has 7 aliphatic rings. The number of amides is 4. The Morgan fingerprint density at radius 3 is 2.24 bits per heavy atom. The Bertz CT molecular complexity index is 2690. The number of aliphatic hydroxyl groups is 1. The SMILES string of the molecule is C[C@@]1(O)CCC[C@H]1n1c(=O)c(C(F)F)cc2cnc(NC3CCN(S(=O)(=O)C4CCN(CC5CCN(C6CN(c7cc8c(cc7F)C(=O)N(C7CCC(=O)NC7=O)C8=O)C6)CC5)CC4)CC3)nc21. The van der Waals surface area contributed by atoms with Gasteiger partial charge in [0.25, 0.3) is 23.8 Å². The Labute approximate surface area is 391 Å². The summed E-state index contributed by atoms with van der Waals surface area (Å²) in [5.74, 6) is -2.53. The van der Waals surface area contributed by atoms with E-state index in [1.54, 1.807) is 11.2 Å². The van der Waals surface area contributed by atoms with Crippen LogP contribution in [0.2, 0.25) is 0 Å². The number of fused-ring (bicyclic) bond motifs is 2. The molecule has 1 saturated carbocycles. The number of carbonyl (C=O) groups is 4. The maximum atomic E-state index is 15.4. The third-order valence-electron chi connectivity index (χ3n) is 15.7. The normalized spacial score (nSPS) is 26.9. The molecule has 8 heterocycles. The van der Waals surface area contributed by atoms with Crippen molar-refractivity contribution in [2.45, 2.75) is 119 Å². The first-order valence-corrected chi connectivity index (χ1v) is 25.4. The summed E-state index contributed by atoms with van der Waals surface area (Å²) in [5, 5.41) is 16.3. The largest absolute Gasteiger partial charge is 0.388 e. The molecule has 0 bridgehead atoms. The van der Waals surface area contributed by atoms with Crippen molar-refractivity contribution in [2.24, 2.45) is 5.92 Å². The van der Waals surface area contributed by atoms with Crippen LogP contribution in [0.15, 0.2) is 29.2 Å². The van der Waals surface area contributed by atoms with E-state index in [1.807, 2.05) is 4.90 Å². The molecule has 1 aliphatic carbocycles. The molecule has 6 aliphatic heterocycles. The molecule has 22 heteroatoms. The molecule has 3 aromatic rings. The number of imide groups is 2.